The first-order valence-corrected chi connectivity index (χ1v) is 8.85. The molecule has 0 aliphatic rings. The van der Waals surface area contributed by atoms with Gasteiger partial charge in [-0.1, -0.05) is 39.1 Å². The zero-order valence-electron chi connectivity index (χ0n) is 9.52. The fraction of sp³-hybridized carbons (Fsp3) is 0. The molecule has 0 spiro atoms. The van der Waals surface area contributed by atoms with Gasteiger partial charge in [0.05, 0.1) is 15.6 Å². The van der Waals surface area contributed by atoms with E-state index in [9.17, 15) is 8.42 Å². The maximum absolute atomic E-state index is 12.2. The Hall–Kier alpha value is -0.780. The molecule has 0 aliphatic heterocycles. The van der Waals surface area contributed by atoms with Gasteiger partial charge >= 0.3 is 0 Å². The predicted molar refractivity (Wildman–Crippen MR) is 84.0 cm³/mol. The molecule has 20 heavy (non-hydrogen) atoms. The number of benzene rings is 1. The number of hydrogen-bond acceptors (Lipinski definition) is 4. The third kappa shape index (κ3) is 3.27. The van der Waals surface area contributed by atoms with Crippen LogP contribution in [0.15, 0.2) is 33.6 Å². The molecule has 0 radical (unpaired) electrons. The van der Waals surface area contributed by atoms with Gasteiger partial charge in [0, 0.05) is 4.47 Å². The molecule has 0 amide bonds. The molecule has 0 bridgehead atoms. The molecule has 1 aromatic carbocycles. The zero-order valence-corrected chi connectivity index (χ0v) is 14.3. The largest absolute Gasteiger partial charge is 0.278 e. The third-order valence-electron chi connectivity index (χ3n) is 2.26. The minimum absolute atomic E-state index is 0.0657. The second kappa shape index (κ2) is 5.92. The van der Waals surface area contributed by atoms with Crippen molar-refractivity contribution in [3.63, 3.8) is 0 Å². The van der Waals surface area contributed by atoms with Gasteiger partial charge in [-0.15, -0.1) is 11.3 Å². The molecular weight excluding hydrogens is 407 g/mol. The van der Waals surface area contributed by atoms with Crippen molar-refractivity contribution in [2.24, 2.45) is 0 Å². The molecule has 9 heteroatoms. The lowest BCUT2D eigenvalue weighted by Gasteiger charge is -2.09. The maximum atomic E-state index is 12.2. The summed E-state index contributed by atoms with van der Waals surface area (Å²) in [6.07, 6.45) is 0. The van der Waals surface area contributed by atoms with Crippen LogP contribution >= 0.6 is 50.5 Å². The van der Waals surface area contributed by atoms with Crippen molar-refractivity contribution in [1.29, 1.82) is 5.26 Å². The number of nitrogens with one attached hydrogen (secondary N) is 1. The fourth-order valence-corrected chi connectivity index (χ4v) is 4.99. The van der Waals surface area contributed by atoms with E-state index in [-0.39, 0.29) is 24.8 Å². The first-order valence-electron chi connectivity index (χ1n) is 5.01. The number of sulfonamides is 1. The summed E-state index contributed by atoms with van der Waals surface area (Å²) in [5.41, 5.74) is 0.370. The highest BCUT2D eigenvalue weighted by molar-refractivity contribution is 9.10. The molecule has 0 fully saturated rings. The van der Waals surface area contributed by atoms with Gasteiger partial charge in [-0.05, 0) is 24.3 Å². The van der Waals surface area contributed by atoms with Crippen molar-refractivity contribution in [1.82, 2.24) is 0 Å². The Morgan fingerprint density at radius 1 is 1.30 bits per heavy atom. The monoisotopic (exact) mass is 410 g/mol. The highest BCUT2D eigenvalue weighted by Gasteiger charge is 2.22. The molecule has 1 aromatic heterocycles. The lowest BCUT2D eigenvalue weighted by atomic mass is 10.2. The van der Waals surface area contributed by atoms with Gasteiger partial charge in [0.15, 0.2) is 0 Å². The number of rotatable bonds is 3. The molecular formula is C11H5BrCl2N2O2S2. The molecule has 1 heterocycles. The van der Waals surface area contributed by atoms with Gasteiger partial charge in [0.25, 0.3) is 10.0 Å². The van der Waals surface area contributed by atoms with Crippen LogP contribution in [0.4, 0.5) is 5.69 Å². The van der Waals surface area contributed by atoms with E-state index < -0.39 is 10.0 Å². The number of anilines is 1. The van der Waals surface area contributed by atoms with Crippen LogP contribution in [0.5, 0.6) is 0 Å². The average molecular weight is 412 g/mol. The fourth-order valence-electron chi connectivity index (χ4n) is 1.41. The molecule has 1 N–H and O–H groups in total. The molecule has 0 unspecified atom stereocenters. The molecule has 0 saturated carbocycles. The van der Waals surface area contributed by atoms with Gasteiger partial charge in [0.2, 0.25) is 0 Å². The van der Waals surface area contributed by atoms with Crippen molar-refractivity contribution < 1.29 is 8.42 Å². The van der Waals surface area contributed by atoms with E-state index >= 15 is 0 Å². The SMILES string of the molecule is N#Cc1ccc(Br)cc1NS(=O)(=O)c1cc(Cl)sc1Cl. The Kier molecular flexibility index (Phi) is 4.62. The summed E-state index contributed by atoms with van der Waals surface area (Å²) in [4.78, 5) is -0.113. The second-order valence-corrected chi connectivity index (χ2v) is 8.45. The Labute approximate surface area is 138 Å². The van der Waals surface area contributed by atoms with Crippen LogP contribution in [0.3, 0.4) is 0 Å². The van der Waals surface area contributed by atoms with Crippen LogP contribution in [-0.2, 0) is 10.0 Å². The molecule has 0 atom stereocenters. The maximum Gasteiger partial charge on any atom is 0.264 e. The highest BCUT2D eigenvalue weighted by Crippen LogP contribution is 2.35. The first kappa shape index (κ1) is 15.6. The smallest absolute Gasteiger partial charge is 0.264 e. The quantitative estimate of drug-likeness (QED) is 0.808. The minimum atomic E-state index is -3.90. The van der Waals surface area contributed by atoms with Crippen LogP contribution in [0, 0.1) is 11.3 Å². The summed E-state index contributed by atoms with van der Waals surface area (Å²) in [5, 5.41) is 8.99. The number of hydrogen-bond donors (Lipinski definition) is 1. The summed E-state index contributed by atoms with van der Waals surface area (Å²) in [5.74, 6) is 0. The van der Waals surface area contributed by atoms with E-state index in [1.165, 1.54) is 18.2 Å². The van der Waals surface area contributed by atoms with Crippen LogP contribution in [0.1, 0.15) is 5.56 Å². The second-order valence-electron chi connectivity index (χ2n) is 3.60. The van der Waals surface area contributed by atoms with E-state index in [4.69, 9.17) is 28.5 Å². The Balaban J connectivity index is 2.46. The first-order chi connectivity index (χ1) is 9.33. The lowest BCUT2D eigenvalue weighted by Crippen LogP contribution is -2.13. The average Bonchev–Trinajstić information content (AvgIpc) is 2.69. The molecule has 0 aliphatic carbocycles. The zero-order chi connectivity index (χ0) is 14.9. The molecule has 0 saturated heterocycles. The van der Waals surface area contributed by atoms with Crippen LogP contribution in [0.25, 0.3) is 0 Å². The summed E-state index contributed by atoms with van der Waals surface area (Å²) in [6, 6.07) is 7.82. The minimum Gasteiger partial charge on any atom is -0.278 e. The van der Waals surface area contributed by atoms with E-state index in [1.807, 2.05) is 6.07 Å². The van der Waals surface area contributed by atoms with Crippen molar-refractivity contribution in [3.8, 4) is 6.07 Å². The van der Waals surface area contributed by atoms with Crippen LogP contribution in [-0.4, -0.2) is 8.42 Å². The van der Waals surface area contributed by atoms with Crippen LogP contribution < -0.4 is 4.72 Å². The van der Waals surface area contributed by atoms with Crippen molar-refractivity contribution in [2.75, 3.05) is 4.72 Å². The molecule has 2 aromatic rings. The topological polar surface area (TPSA) is 70.0 Å². The van der Waals surface area contributed by atoms with Crippen molar-refractivity contribution in [2.45, 2.75) is 4.90 Å². The Morgan fingerprint density at radius 3 is 2.55 bits per heavy atom. The summed E-state index contributed by atoms with van der Waals surface area (Å²) in [6.45, 7) is 0. The van der Waals surface area contributed by atoms with Crippen molar-refractivity contribution in [3.05, 3.63) is 43.0 Å². The van der Waals surface area contributed by atoms with Crippen LogP contribution in [0.2, 0.25) is 8.67 Å². The number of thiophene rings is 1. The lowest BCUT2D eigenvalue weighted by molar-refractivity contribution is 0.601. The number of nitrogens with zero attached hydrogens (tertiary/aromatic N) is 1. The summed E-state index contributed by atoms with van der Waals surface area (Å²) in [7, 11) is -3.90. The Morgan fingerprint density at radius 2 is 2.00 bits per heavy atom. The van der Waals surface area contributed by atoms with Gasteiger partial charge in [-0.25, -0.2) is 8.42 Å². The predicted octanol–water partition coefficient (Wildman–Crippen LogP) is 4.49. The number of nitriles is 1. The van der Waals surface area contributed by atoms with Gasteiger partial charge in [-0.2, -0.15) is 5.26 Å². The summed E-state index contributed by atoms with van der Waals surface area (Å²) >= 11 is 15.8. The van der Waals surface area contributed by atoms with Gasteiger partial charge < -0.3 is 0 Å². The van der Waals surface area contributed by atoms with Crippen molar-refractivity contribution >= 4 is 66.2 Å². The molecule has 4 nitrogen and oxygen atoms in total. The van der Waals surface area contributed by atoms with E-state index in [0.717, 1.165) is 11.3 Å². The summed E-state index contributed by atoms with van der Waals surface area (Å²) < 4.78 is 27.8. The normalized spacial score (nSPS) is 11.1. The molecule has 2 rings (SSSR count). The molecule has 104 valence electrons. The van der Waals surface area contributed by atoms with E-state index in [1.54, 1.807) is 6.07 Å². The number of halogens is 3. The Bertz CT molecular complexity index is 812. The third-order valence-corrected chi connectivity index (χ3v) is 5.87. The van der Waals surface area contributed by atoms with Gasteiger partial charge in [0.1, 0.15) is 15.3 Å². The van der Waals surface area contributed by atoms with Gasteiger partial charge in [-0.3, -0.25) is 4.72 Å². The van der Waals surface area contributed by atoms with E-state index in [2.05, 4.69) is 20.7 Å². The highest BCUT2D eigenvalue weighted by atomic mass is 79.9. The standard InChI is InChI=1S/C11H5BrCl2N2O2S2/c12-7-2-1-6(5-15)8(3-7)16-20(17,18)9-4-10(13)19-11(9)14/h1-4,16H. The van der Waals surface area contributed by atoms with E-state index in [0.29, 0.717) is 4.47 Å².